The lowest BCUT2D eigenvalue weighted by Gasteiger charge is -2.09. The molecule has 0 unspecified atom stereocenters. The Kier molecular flexibility index (Phi) is 3.71. The van der Waals surface area contributed by atoms with Crippen LogP contribution in [0.25, 0.3) is 0 Å². The van der Waals surface area contributed by atoms with Crippen molar-refractivity contribution in [1.29, 1.82) is 0 Å². The molecule has 0 aliphatic rings. The first-order valence-corrected chi connectivity index (χ1v) is 5.98. The number of nitrogen functional groups attached to an aromatic ring is 1. The molecule has 98 valence electrons. The van der Waals surface area contributed by atoms with Crippen molar-refractivity contribution in [1.82, 2.24) is 0 Å². The van der Waals surface area contributed by atoms with Gasteiger partial charge in [-0.25, -0.2) is 0 Å². The van der Waals surface area contributed by atoms with E-state index in [-0.39, 0.29) is 18.1 Å². The Morgan fingerprint density at radius 1 is 1.26 bits per heavy atom. The number of hydrogen-bond acceptors (Lipinski definition) is 3. The molecule has 4 N–H and O–H groups in total. The van der Waals surface area contributed by atoms with Crippen molar-refractivity contribution in [3.63, 3.8) is 0 Å². The van der Waals surface area contributed by atoms with Gasteiger partial charge in [0, 0.05) is 0 Å². The fourth-order valence-electron chi connectivity index (χ4n) is 1.82. The highest BCUT2D eigenvalue weighted by molar-refractivity contribution is 5.95. The second kappa shape index (κ2) is 5.44. The molecule has 0 atom stereocenters. The molecule has 2 aromatic carbocycles. The number of nitrogens with one attached hydrogen (secondary N) is 1. The van der Waals surface area contributed by atoms with Crippen LogP contribution in [0.2, 0.25) is 0 Å². The fraction of sp³-hybridized carbons (Fsp3) is 0.133. The number of phenolic OH excluding ortho intramolecular Hbond substituents is 1. The van der Waals surface area contributed by atoms with Crippen LogP contribution in [0.4, 0.5) is 11.4 Å². The summed E-state index contributed by atoms with van der Waals surface area (Å²) in [5, 5.41) is 12.1. The number of carbonyl (C=O) groups excluding carboxylic acids is 1. The second-order valence-corrected chi connectivity index (χ2v) is 4.49. The lowest BCUT2D eigenvalue weighted by atomic mass is 10.1. The van der Waals surface area contributed by atoms with E-state index in [1.807, 2.05) is 19.1 Å². The van der Waals surface area contributed by atoms with Gasteiger partial charge in [0.15, 0.2) is 0 Å². The summed E-state index contributed by atoms with van der Waals surface area (Å²) in [4.78, 5) is 11.9. The molecule has 1 amide bonds. The van der Waals surface area contributed by atoms with Crippen molar-refractivity contribution in [3.05, 3.63) is 53.6 Å². The van der Waals surface area contributed by atoms with Gasteiger partial charge in [-0.1, -0.05) is 18.2 Å². The number of rotatable bonds is 3. The summed E-state index contributed by atoms with van der Waals surface area (Å²) in [5.74, 6) is -0.0109. The first-order chi connectivity index (χ1) is 9.04. The molecular weight excluding hydrogens is 240 g/mol. The van der Waals surface area contributed by atoms with Crippen molar-refractivity contribution in [2.45, 2.75) is 13.3 Å². The maximum Gasteiger partial charge on any atom is 0.228 e. The molecule has 0 aliphatic carbocycles. The zero-order valence-electron chi connectivity index (χ0n) is 10.7. The van der Waals surface area contributed by atoms with Crippen LogP contribution in [0.3, 0.4) is 0 Å². The fourth-order valence-corrected chi connectivity index (χ4v) is 1.82. The molecule has 2 rings (SSSR count). The Morgan fingerprint density at radius 3 is 2.79 bits per heavy atom. The van der Waals surface area contributed by atoms with E-state index in [0.717, 1.165) is 11.1 Å². The first-order valence-electron chi connectivity index (χ1n) is 5.98. The van der Waals surface area contributed by atoms with Gasteiger partial charge in [-0.2, -0.15) is 0 Å². The first kappa shape index (κ1) is 13.0. The molecule has 0 bridgehead atoms. The molecule has 0 aliphatic heterocycles. The second-order valence-electron chi connectivity index (χ2n) is 4.49. The molecule has 2 aromatic rings. The Hall–Kier alpha value is -2.49. The standard InChI is InChI=1S/C15H16N2O2/c1-10-5-6-13(16)14(7-10)17-15(19)9-11-3-2-4-12(18)8-11/h2-8,18H,9,16H2,1H3,(H,17,19). The number of carbonyl (C=O) groups is 1. The van der Waals surface area contributed by atoms with Crippen LogP contribution in [0, 0.1) is 6.92 Å². The number of benzene rings is 2. The number of aryl methyl sites for hydroxylation is 1. The van der Waals surface area contributed by atoms with E-state index in [1.54, 1.807) is 30.3 Å². The highest BCUT2D eigenvalue weighted by Gasteiger charge is 2.07. The number of nitrogens with two attached hydrogens (primary N) is 1. The molecule has 4 heteroatoms. The summed E-state index contributed by atoms with van der Waals surface area (Å²) in [6.07, 6.45) is 0.196. The van der Waals surface area contributed by atoms with Crippen molar-refractivity contribution >= 4 is 17.3 Å². The maximum atomic E-state index is 11.9. The summed E-state index contributed by atoms with van der Waals surface area (Å²) >= 11 is 0. The molecule has 4 nitrogen and oxygen atoms in total. The average molecular weight is 256 g/mol. The summed E-state index contributed by atoms with van der Waals surface area (Å²) in [6, 6.07) is 12.1. The van der Waals surface area contributed by atoms with E-state index in [0.29, 0.717) is 11.4 Å². The molecule has 0 saturated heterocycles. The molecular formula is C15H16N2O2. The molecule has 0 aromatic heterocycles. The van der Waals surface area contributed by atoms with Gasteiger partial charge in [-0.3, -0.25) is 4.79 Å². The monoisotopic (exact) mass is 256 g/mol. The van der Waals surface area contributed by atoms with Crippen LogP contribution in [-0.4, -0.2) is 11.0 Å². The van der Waals surface area contributed by atoms with Crippen molar-refractivity contribution < 1.29 is 9.90 Å². The van der Waals surface area contributed by atoms with Crippen LogP contribution < -0.4 is 11.1 Å². The van der Waals surface area contributed by atoms with Crippen LogP contribution in [-0.2, 0) is 11.2 Å². The van der Waals surface area contributed by atoms with Gasteiger partial charge in [-0.15, -0.1) is 0 Å². The normalized spacial score (nSPS) is 10.2. The highest BCUT2D eigenvalue weighted by Crippen LogP contribution is 2.20. The van der Waals surface area contributed by atoms with Gasteiger partial charge in [0.25, 0.3) is 0 Å². The summed E-state index contributed by atoms with van der Waals surface area (Å²) in [5.41, 5.74) is 8.74. The van der Waals surface area contributed by atoms with E-state index in [1.165, 1.54) is 0 Å². The molecule has 0 radical (unpaired) electrons. The number of hydrogen-bond donors (Lipinski definition) is 3. The van der Waals surface area contributed by atoms with Gasteiger partial charge in [0.1, 0.15) is 5.75 Å². The van der Waals surface area contributed by atoms with Gasteiger partial charge in [0.2, 0.25) is 5.91 Å². The number of anilines is 2. The topological polar surface area (TPSA) is 75.3 Å². The van der Waals surface area contributed by atoms with Gasteiger partial charge in [-0.05, 0) is 42.3 Å². The van der Waals surface area contributed by atoms with Crippen molar-refractivity contribution in [3.8, 4) is 5.75 Å². The molecule has 0 spiro atoms. The molecule has 0 fully saturated rings. The lowest BCUT2D eigenvalue weighted by molar-refractivity contribution is -0.115. The molecule has 0 saturated carbocycles. The number of phenols is 1. The minimum absolute atomic E-state index is 0.153. The molecule has 0 heterocycles. The third kappa shape index (κ3) is 3.48. The summed E-state index contributed by atoms with van der Waals surface area (Å²) < 4.78 is 0. The Bertz CT molecular complexity index is 609. The maximum absolute atomic E-state index is 11.9. The largest absolute Gasteiger partial charge is 0.508 e. The van der Waals surface area contributed by atoms with Crippen LogP contribution in [0.1, 0.15) is 11.1 Å². The number of amides is 1. The molecule has 19 heavy (non-hydrogen) atoms. The third-order valence-corrected chi connectivity index (χ3v) is 2.76. The third-order valence-electron chi connectivity index (χ3n) is 2.76. The van der Waals surface area contributed by atoms with E-state index >= 15 is 0 Å². The van der Waals surface area contributed by atoms with Crippen molar-refractivity contribution in [2.24, 2.45) is 0 Å². The van der Waals surface area contributed by atoms with E-state index in [4.69, 9.17) is 5.73 Å². The average Bonchev–Trinajstić information content (AvgIpc) is 2.34. The SMILES string of the molecule is Cc1ccc(N)c(NC(=O)Cc2cccc(O)c2)c1. The van der Waals surface area contributed by atoms with Crippen LogP contribution in [0.5, 0.6) is 5.75 Å². The smallest absolute Gasteiger partial charge is 0.228 e. The van der Waals surface area contributed by atoms with E-state index in [2.05, 4.69) is 5.32 Å². The van der Waals surface area contributed by atoms with Gasteiger partial charge in [0.05, 0.1) is 17.8 Å². The lowest BCUT2D eigenvalue weighted by Crippen LogP contribution is -2.15. The highest BCUT2D eigenvalue weighted by atomic mass is 16.3. The van der Waals surface area contributed by atoms with Gasteiger partial charge >= 0.3 is 0 Å². The zero-order valence-corrected chi connectivity index (χ0v) is 10.7. The minimum Gasteiger partial charge on any atom is -0.508 e. The van der Waals surface area contributed by atoms with Crippen molar-refractivity contribution in [2.75, 3.05) is 11.1 Å². The summed E-state index contributed by atoms with van der Waals surface area (Å²) in [6.45, 7) is 1.93. The van der Waals surface area contributed by atoms with Crippen LogP contribution in [0.15, 0.2) is 42.5 Å². The van der Waals surface area contributed by atoms with E-state index < -0.39 is 0 Å². The quantitative estimate of drug-likeness (QED) is 0.738. The van der Waals surface area contributed by atoms with Gasteiger partial charge < -0.3 is 16.2 Å². The number of aromatic hydroxyl groups is 1. The Labute approximate surface area is 111 Å². The summed E-state index contributed by atoms with van der Waals surface area (Å²) in [7, 11) is 0. The zero-order chi connectivity index (χ0) is 13.8. The minimum atomic E-state index is -0.164. The van der Waals surface area contributed by atoms with Crippen LogP contribution >= 0.6 is 0 Å². The Morgan fingerprint density at radius 2 is 2.05 bits per heavy atom. The Balaban J connectivity index is 2.07. The predicted molar refractivity (Wildman–Crippen MR) is 76.0 cm³/mol. The van der Waals surface area contributed by atoms with E-state index in [9.17, 15) is 9.90 Å². The predicted octanol–water partition coefficient (Wildman–Crippen LogP) is 2.46.